The van der Waals surface area contributed by atoms with Gasteiger partial charge in [-0.05, 0) is 103 Å². The molecular formula is C58H98O6. The Morgan fingerprint density at radius 3 is 0.938 bits per heavy atom. The van der Waals surface area contributed by atoms with E-state index in [0.717, 1.165) is 96.3 Å². The number of hydrogen-bond donors (Lipinski definition) is 0. The maximum atomic E-state index is 12.8. The average molecular weight is 891 g/mol. The van der Waals surface area contributed by atoms with Crippen LogP contribution in [0.4, 0.5) is 0 Å². The third kappa shape index (κ3) is 49.6. The van der Waals surface area contributed by atoms with Gasteiger partial charge in [-0.25, -0.2) is 0 Å². The predicted octanol–water partition coefficient (Wildman–Crippen LogP) is 17.6. The molecule has 0 unspecified atom stereocenters. The van der Waals surface area contributed by atoms with Gasteiger partial charge in [0.1, 0.15) is 13.2 Å². The van der Waals surface area contributed by atoms with Crippen molar-refractivity contribution in [1.82, 2.24) is 0 Å². The number of rotatable bonds is 47. The average Bonchev–Trinajstić information content (AvgIpc) is 3.29. The minimum atomic E-state index is -0.803. The molecule has 0 aliphatic rings. The Kier molecular flexibility index (Phi) is 49.4. The lowest BCUT2D eigenvalue weighted by Gasteiger charge is -2.18. The largest absolute Gasteiger partial charge is 0.462 e. The molecule has 0 saturated heterocycles. The second-order valence-electron chi connectivity index (χ2n) is 17.4. The smallest absolute Gasteiger partial charge is 0.306 e. The van der Waals surface area contributed by atoms with Crippen LogP contribution in [0.25, 0.3) is 0 Å². The molecule has 1 atom stereocenters. The third-order valence-electron chi connectivity index (χ3n) is 11.1. The van der Waals surface area contributed by atoms with Gasteiger partial charge in [-0.1, -0.05) is 209 Å². The van der Waals surface area contributed by atoms with Crippen LogP contribution < -0.4 is 0 Å². The fourth-order valence-corrected chi connectivity index (χ4v) is 7.08. The summed E-state index contributed by atoms with van der Waals surface area (Å²) in [4.78, 5) is 38.0. The van der Waals surface area contributed by atoms with Crippen molar-refractivity contribution >= 4 is 17.9 Å². The van der Waals surface area contributed by atoms with Gasteiger partial charge in [0.25, 0.3) is 0 Å². The highest BCUT2D eigenvalue weighted by Gasteiger charge is 2.19. The number of esters is 3. The van der Waals surface area contributed by atoms with E-state index in [1.807, 2.05) is 0 Å². The zero-order chi connectivity index (χ0) is 46.5. The molecule has 0 radical (unpaired) electrons. The predicted molar refractivity (Wildman–Crippen MR) is 274 cm³/mol. The highest BCUT2D eigenvalue weighted by atomic mass is 16.6. The van der Waals surface area contributed by atoms with E-state index in [4.69, 9.17) is 14.2 Å². The number of unbranched alkanes of at least 4 members (excludes halogenated alkanes) is 22. The van der Waals surface area contributed by atoms with Crippen LogP contribution in [0.5, 0.6) is 0 Å². The highest BCUT2D eigenvalue weighted by Crippen LogP contribution is 2.14. The highest BCUT2D eigenvalue weighted by molar-refractivity contribution is 5.71. The summed E-state index contributed by atoms with van der Waals surface area (Å²) >= 11 is 0. The first-order chi connectivity index (χ1) is 31.5. The van der Waals surface area contributed by atoms with Crippen molar-refractivity contribution in [2.75, 3.05) is 13.2 Å². The first-order valence-electron chi connectivity index (χ1n) is 26.6. The van der Waals surface area contributed by atoms with E-state index in [0.29, 0.717) is 19.3 Å². The van der Waals surface area contributed by atoms with Crippen LogP contribution in [0.15, 0.2) is 85.1 Å². The van der Waals surface area contributed by atoms with E-state index in [1.165, 1.54) is 109 Å². The Hall–Kier alpha value is -3.41. The summed E-state index contributed by atoms with van der Waals surface area (Å²) in [7, 11) is 0. The molecule has 366 valence electrons. The van der Waals surface area contributed by atoms with Crippen LogP contribution in [0.1, 0.15) is 245 Å². The normalized spacial score (nSPS) is 12.7. The second kappa shape index (κ2) is 52.2. The molecule has 0 aromatic heterocycles. The van der Waals surface area contributed by atoms with Crippen LogP contribution >= 0.6 is 0 Å². The molecule has 0 aliphatic heterocycles. The van der Waals surface area contributed by atoms with Gasteiger partial charge in [-0.2, -0.15) is 0 Å². The number of allylic oxidation sites excluding steroid dienone is 14. The number of ether oxygens (including phenoxy) is 3. The molecule has 0 saturated carbocycles. The van der Waals surface area contributed by atoms with Crippen molar-refractivity contribution in [3.63, 3.8) is 0 Å². The van der Waals surface area contributed by atoms with E-state index in [1.54, 1.807) is 0 Å². The number of carbonyl (C=O) groups is 3. The Bertz CT molecular complexity index is 1250. The third-order valence-corrected chi connectivity index (χ3v) is 11.1. The lowest BCUT2D eigenvalue weighted by Crippen LogP contribution is -2.30. The zero-order valence-corrected chi connectivity index (χ0v) is 41.8. The summed E-state index contributed by atoms with van der Waals surface area (Å²) in [6.07, 6.45) is 67.1. The van der Waals surface area contributed by atoms with E-state index in [-0.39, 0.29) is 31.1 Å². The Balaban J connectivity index is 4.48. The van der Waals surface area contributed by atoms with E-state index in [9.17, 15) is 14.4 Å². The maximum Gasteiger partial charge on any atom is 0.306 e. The van der Waals surface area contributed by atoms with Gasteiger partial charge in [-0.15, -0.1) is 0 Å². The molecule has 0 bridgehead atoms. The van der Waals surface area contributed by atoms with Gasteiger partial charge >= 0.3 is 17.9 Å². The molecule has 0 spiro atoms. The second-order valence-corrected chi connectivity index (χ2v) is 17.4. The molecule has 0 rings (SSSR count). The summed E-state index contributed by atoms with van der Waals surface area (Å²) in [5.74, 6) is -0.969. The molecule has 0 aromatic rings. The van der Waals surface area contributed by atoms with E-state index in [2.05, 4.69) is 106 Å². The fourth-order valence-electron chi connectivity index (χ4n) is 7.08. The molecule has 0 aromatic carbocycles. The fraction of sp³-hybridized carbons (Fsp3) is 0.707. The van der Waals surface area contributed by atoms with Gasteiger partial charge in [0.15, 0.2) is 6.10 Å². The quantitative estimate of drug-likeness (QED) is 0.0262. The van der Waals surface area contributed by atoms with Crippen molar-refractivity contribution in [2.24, 2.45) is 0 Å². The van der Waals surface area contributed by atoms with Crippen LogP contribution in [0.3, 0.4) is 0 Å². The SMILES string of the molecule is CCCCC/C=C\C/C=C\C/C=C\C/C=C\CCCCCC(=O)OC[C@H](COC(=O)CCCC/C=C\C/C=C\C/C=C\CCCCC)OC(=O)CCCCCCCCCCCCCC. The topological polar surface area (TPSA) is 78.9 Å². The van der Waals surface area contributed by atoms with Crippen LogP contribution in [0, 0.1) is 0 Å². The van der Waals surface area contributed by atoms with Crippen LogP contribution in [-0.4, -0.2) is 37.2 Å². The molecular weight excluding hydrogens is 793 g/mol. The lowest BCUT2D eigenvalue weighted by molar-refractivity contribution is -0.167. The molecule has 6 heteroatoms. The van der Waals surface area contributed by atoms with Crippen molar-refractivity contribution in [3.05, 3.63) is 85.1 Å². The van der Waals surface area contributed by atoms with Gasteiger partial charge in [0.2, 0.25) is 0 Å². The summed E-state index contributed by atoms with van der Waals surface area (Å²) in [6.45, 7) is 6.51. The minimum absolute atomic E-state index is 0.104. The van der Waals surface area contributed by atoms with Crippen molar-refractivity contribution in [2.45, 2.75) is 252 Å². The Morgan fingerprint density at radius 2 is 0.562 bits per heavy atom. The summed E-state index contributed by atoms with van der Waals surface area (Å²) in [5, 5.41) is 0. The molecule has 6 nitrogen and oxygen atoms in total. The summed E-state index contributed by atoms with van der Waals surface area (Å²) < 4.78 is 16.7. The summed E-state index contributed by atoms with van der Waals surface area (Å²) in [5.41, 5.74) is 0. The van der Waals surface area contributed by atoms with Gasteiger partial charge in [0.05, 0.1) is 0 Å². The molecule has 0 N–H and O–H groups in total. The maximum absolute atomic E-state index is 12.8. The monoisotopic (exact) mass is 891 g/mol. The van der Waals surface area contributed by atoms with Gasteiger partial charge in [-0.3, -0.25) is 14.4 Å². The lowest BCUT2D eigenvalue weighted by atomic mass is 10.0. The van der Waals surface area contributed by atoms with Crippen molar-refractivity contribution in [3.8, 4) is 0 Å². The minimum Gasteiger partial charge on any atom is -0.462 e. The van der Waals surface area contributed by atoms with Crippen molar-refractivity contribution < 1.29 is 28.6 Å². The summed E-state index contributed by atoms with van der Waals surface area (Å²) in [6, 6.07) is 0. The van der Waals surface area contributed by atoms with Gasteiger partial charge in [0, 0.05) is 19.3 Å². The molecule has 0 amide bonds. The molecule has 0 heterocycles. The van der Waals surface area contributed by atoms with Gasteiger partial charge < -0.3 is 14.2 Å². The Labute approximate surface area is 395 Å². The zero-order valence-electron chi connectivity index (χ0n) is 41.8. The standard InChI is InChI=1S/C58H98O6/c1-4-7-10-13-16-19-22-25-27-28-29-30-32-34-37-39-42-45-48-51-57(60)63-54-55(64-58(61)52-49-46-43-40-35-24-21-18-15-12-9-6-3)53-62-56(59)50-47-44-41-38-36-33-31-26-23-20-17-14-11-8-5-2/h16-17,19-20,25-27,29-31,34,36-38,55H,4-15,18,21-24,28,32-33,35,39-54H2,1-3H3/b19-16-,20-17-,27-25-,30-29-,31-26-,37-34-,38-36-/t55-/m0/s1. The van der Waals surface area contributed by atoms with Crippen molar-refractivity contribution in [1.29, 1.82) is 0 Å². The molecule has 0 fully saturated rings. The first-order valence-corrected chi connectivity index (χ1v) is 26.6. The van der Waals surface area contributed by atoms with Crippen LogP contribution in [-0.2, 0) is 28.6 Å². The van der Waals surface area contributed by atoms with E-state index >= 15 is 0 Å². The molecule has 0 aliphatic carbocycles. The number of hydrogen-bond acceptors (Lipinski definition) is 6. The number of carbonyl (C=O) groups excluding carboxylic acids is 3. The van der Waals surface area contributed by atoms with Crippen LogP contribution in [0.2, 0.25) is 0 Å². The Morgan fingerprint density at radius 1 is 0.312 bits per heavy atom. The molecule has 64 heavy (non-hydrogen) atoms. The van der Waals surface area contributed by atoms with E-state index < -0.39 is 6.10 Å². The first kappa shape index (κ1) is 60.6.